The van der Waals surface area contributed by atoms with Crippen LogP contribution in [-0.4, -0.2) is 62.7 Å². The van der Waals surface area contributed by atoms with Crippen molar-refractivity contribution >= 4 is 16.7 Å². The fourth-order valence-electron chi connectivity index (χ4n) is 3.74. The monoisotopic (exact) mass is 414 g/mol. The van der Waals surface area contributed by atoms with E-state index in [2.05, 4.69) is 10.3 Å². The van der Waals surface area contributed by atoms with E-state index in [9.17, 15) is 25.2 Å². The first kappa shape index (κ1) is 20.5. The van der Waals surface area contributed by atoms with Gasteiger partial charge < -0.3 is 34.9 Å². The smallest absolute Gasteiger partial charge is 0.344 e. The topological polar surface area (TPSA) is 145 Å². The van der Waals surface area contributed by atoms with Gasteiger partial charge in [0.05, 0.1) is 12.2 Å². The minimum atomic E-state index is -1.46. The Morgan fingerprint density at radius 1 is 1.10 bits per heavy atom. The number of hydrogen-bond donors (Lipinski definition) is 5. The maximum atomic E-state index is 12.6. The lowest BCUT2D eigenvalue weighted by Crippen LogP contribution is -2.61. The molecule has 3 aromatic rings. The van der Waals surface area contributed by atoms with E-state index in [1.165, 1.54) is 0 Å². The molecule has 1 aliphatic heterocycles. The number of pyridine rings is 1. The Bertz CT molecular complexity index is 1100. The molecule has 3 heterocycles. The van der Waals surface area contributed by atoms with E-state index in [4.69, 9.17) is 9.15 Å². The molecule has 5 atom stereocenters. The van der Waals surface area contributed by atoms with Crippen molar-refractivity contribution < 1.29 is 29.6 Å². The van der Waals surface area contributed by atoms with Gasteiger partial charge in [-0.1, -0.05) is 0 Å². The number of nitrogens with one attached hydrogen (secondary N) is 1. The zero-order valence-electron chi connectivity index (χ0n) is 16.1. The van der Waals surface area contributed by atoms with Crippen LogP contribution in [0, 0.1) is 6.92 Å². The average Bonchev–Trinajstić information content (AvgIpc) is 2.74. The molecule has 1 fully saturated rings. The van der Waals surface area contributed by atoms with Gasteiger partial charge in [0.1, 0.15) is 29.9 Å². The number of ether oxygens (including phenoxy) is 1. The molecule has 2 unspecified atom stereocenters. The molecule has 30 heavy (non-hydrogen) atoms. The lowest BCUT2D eigenvalue weighted by atomic mass is 9.96. The SMILES string of the molecule is Cc1c(-c2ccncc2)c(=O)oc2cc(NC3[C@H](O)OC(CO)[C@@H](O)[C@@H]3O)ccc12. The summed E-state index contributed by atoms with van der Waals surface area (Å²) in [5.74, 6) is 0. The third-order valence-corrected chi connectivity index (χ3v) is 5.37. The van der Waals surface area contributed by atoms with Gasteiger partial charge in [-0.05, 0) is 42.3 Å². The van der Waals surface area contributed by atoms with E-state index in [0.29, 0.717) is 22.4 Å². The van der Waals surface area contributed by atoms with Crippen LogP contribution in [0.4, 0.5) is 5.69 Å². The molecule has 9 nitrogen and oxygen atoms in total. The van der Waals surface area contributed by atoms with Crippen LogP contribution in [-0.2, 0) is 4.74 Å². The third kappa shape index (κ3) is 3.57. The lowest BCUT2D eigenvalue weighted by Gasteiger charge is -2.40. The Kier molecular flexibility index (Phi) is 5.54. The minimum Gasteiger partial charge on any atom is -0.422 e. The van der Waals surface area contributed by atoms with Gasteiger partial charge in [-0.25, -0.2) is 4.79 Å². The van der Waals surface area contributed by atoms with Gasteiger partial charge in [0.15, 0.2) is 6.29 Å². The number of aryl methyl sites for hydroxylation is 1. The molecule has 1 saturated heterocycles. The minimum absolute atomic E-state index is 0.329. The summed E-state index contributed by atoms with van der Waals surface area (Å²) in [4.78, 5) is 16.6. The normalized spacial score (nSPS) is 26.6. The van der Waals surface area contributed by atoms with E-state index in [1.54, 1.807) is 42.7 Å². The molecule has 2 aromatic heterocycles. The van der Waals surface area contributed by atoms with Crippen LogP contribution in [0.25, 0.3) is 22.1 Å². The number of aliphatic hydroxyl groups is 4. The van der Waals surface area contributed by atoms with Crippen LogP contribution < -0.4 is 10.9 Å². The second-order valence-electron chi connectivity index (χ2n) is 7.24. The molecule has 1 aliphatic rings. The van der Waals surface area contributed by atoms with Gasteiger partial charge in [0, 0.05) is 29.5 Å². The Balaban J connectivity index is 1.67. The standard InChI is InChI=1S/C21H22N2O7/c1-10-13-3-2-12(23-17-19(26)18(25)15(9-24)30-21(17)28)8-14(13)29-20(27)16(10)11-4-6-22-7-5-11/h2-8,15,17-19,21,23-26,28H,9H2,1H3/t15?,17?,18-,19-,21-/m1/s1. The quantitative estimate of drug-likeness (QED) is 0.382. The maximum absolute atomic E-state index is 12.6. The largest absolute Gasteiger partial charge is 0.422 e. The Labute approximate surface area is 171 Å². The van der Waals surface area contributed by atoms with Crippen LogP contribution in [0.1, 0.15) is 5.56 Å². The van der Waals surface area contributed by atoms with Crippen molar-refractivity contribution in [2.45, 2.75) is 37.6 Å². The Morgan fingerprint density at radius 2 is 1.83 bits per heavy atom. The highest BCUT2D eigenvalue weighted by Crippen LogP contribution is 2.29. The predicted molar refractivity (Wildman–Crippen MR) is 108 cm³/mol. The number of anilines is 1. The van der Waals surface area contributed by atoms with Crippen LogP contribution in [0.2, 0.25) is 0 Å². The first-order chi connectivity index (χ1) is 14.4. The number of rotatable bonds is 4. The zero-order chi connectivity index (χ0) is 21.4. The first-order valence-corrected chi connectivity index (χ1v) is 9.45. The molecule has 158 valence electrons. The summed E-state index contributed by atoms with van der Waals surface area (Å²) < 4.78 is 10.7. The Morgan fingerprint density at radius 3 is 2.53 bits per heavy atom. The van der Waals surface area contributed by atoms with Crippen molar-refractivity contribution in [2.24, 2.45) is 0 Å². The third-order valence-electron chi connectivity index (χ3n) is 5.37. The van der Waals surface area contributed by atoms with Gasteiger partial charge >= 0.3 is 5.63 Å². The highest BCUT2D eigenvalue weighted by atomic mass is 16.6. The van der Waals surface area contributed by atoms with E-state index in [-0.39, 0.29) is 0 Å². The molecular formula is C21H22N2O7. The fourth-order valence-corrected chi connectivity index (χ4v) is 3.74. The summed E-state index contributed by atoms with van der Waals surface area (Å²) in [5, 5.41) is 43.3. The molecule has 0 spiro atoms. The highest BCUT2D eigenvalue weighted by Gasteiger charge is 2.43. The molecule has 0 bridgehead atoms. The van der Waals surface area contributed by atoms with Crippen LogP contribution in [0.15, 0.2) is 51.9 Å². The van der Waals surface area contributed by atoms with Gasteiger partial charge in [0.2, 0.25) is 0 Å². The molecule has 9 heteroatoms. The van der Waals surface area contributed by atoms with Crippen molar-refractivity contribution in [3.05, 3.63) is 58.7 Å². The number of fused-ring (bicyclic) bond motifs is 1. The fraction of sp³-hybridized carbons (Fsp3) is 0.333. The number of aliphatic hydroxyl groups excluding tert-OH is 4. The summed E-state index contributed by atoms with van der Waals surface area (Å²) in [7, 11) is 0. The molecule has 0 aliphatic carbocycles. The van der Waals surface area contributed by atoms with E-state index in [0.717, 1.165) is 10.9 Å². The molecule has 1 aromatic carbocycles. The van der Waals surface area contributed by atoms with Crippen molar-refractivity contribution in [1.29, 1.82) is 0 Å². The first-order valence-electron chi connectivity index (χ1n) is 9.45. The number of aromatic nitrogens is 1. The van der Waals surface area contributed by atoms with Crippen LogP contribution in [0.3, 0.4) is 0 Å². The van der Waals surface area contributed by atoms with Crippen LogP contribution in [0.5, 0.6) is 0 Å². The number of hydrogen-bond acceptors (Lipinski definition) is 9. The molecule has 0 saturated carbocycles. The summed E-state index contributed by atoms with van der Waals surface area (Å²) in [6, 6.07) is 7.45. The van der Waals surface area contributed by atoms with E-state index >= 15 is 0 Å². The maximum Gasteiger partial charge on any atom is 0.344 e. The average molecular weight is 414 g/mol. The lowest BCUT2D eigenvalue weighted by molar-refractivity contribution is -0.245. The Hall–Kier alpha value is -2.82. The van der Waals surface area contributed by atoms with Crippen LogP contribution >= 0.6 is 0 Å². The predicted octanol–water partition coefficient (Wildman–Crippen LogP) is 0.375. The van der Waals surface area contributed by atoms with E-state index < -0.39 is 42.9 Å². The summed E-state index contributed by atoms with van der Waals surface area (Å²) in [5.41, 5.74) is 2.19. The molecular weight excluding hydrogens is 392 g/mol. The number of nitrogens with zero attached hydrogens (tertiary/aromatic N) is 1. The van der Waals surface area contributed by atoms with Gasteiger partial charge in [-0.3, -0.25) is 4.98 Å². The summed E-state index contributed by atoms with van der Waals surface area (Å²) in [6.45, 7) is 1.29. The van der Waals surface area contributed by atoms with E-state index in [1.807, 2.05) is 6.92 Å². The van der Waals surface area contributed by atoms with Crippen molar-refractivity contribution in [3.63, 3.8) is 0 Å². The van der Waals surface area contributed by atoms with Gasteiger partial charge in [-0.2, -0.15) is 0 Å². The second-order valence-corrected chi connectivity index (χ2v) is 7.24. The zero-order valence-corrected chi connectivity index (χ0v) is 16.1. The summed E-state index contributed by atoms with van der Waals surface area (Å²) >= 11 is 0. The van der Waals surface area contributed by atoms with Crippen molar-refractivity contribution in [3.8, 4) is 11.1 Å². The van der Waals surface area contributed by atoms with Crippen molar-refractivity contribution in [1.82, 2.24) is 4.98 Å². The van der Waals surface area contributed by atoms with Gasteiger partial charge in [0.25, 0.3) is 0 Å². The second kappa shape index (κ2) is 8.13. The molecule has 0 amide bonds. The summed E-state index contributed by atoms with van der Waals surface area (Å²) in [6.07, 6.45) is -2.10. The van der Waals surface area contributed by atoms with Crippen molar-refractivity contribution in [2.75, 3.05) is 11.9 Å². The highest BCUT2D eigenvalue weighted by molar-refractivity contribution is 5.88. The number of benzene rings is 1. The molecule has 0 radical (unpaired) electrons. The van der Waals surface area contributed by atoms with Gasteiger partial charge in [-0.15, -0.1) is 0 Å². The molecule has 5 N–H and O–H groups in total. The molecule has 4 rings (SSSR count).